The molecule has 3 N–H and O–H groups in total. The first kappa shape index (κ1) is 39.0. The summed E-state index contributed by atoms with van der Waals surface area (Å²) < 4.78 is 47.0. The summed E-state index contributed by atoms with van der Waals surface area (Å²) >= 11 is 0. The van der Waals surface area contributed by atoms with Crippen LogP contribution in [0.3, 0.4) is 0 Å². The van der Waals surface area contributed by atoms with Gasteiger partial charge in [0, 0.05) is 60.0 Å². The Morgan fingerprint density at radius 3 is 2.47 bits per heavy atom. The Balaban J connectivity index is 0.743. The van der Waals surface area contributed by atoms with Crippen molar-refractivity contribution in [3.8, 4) is 5.75 Å². The van der Waals surface area contributed by atoms with Crippen molar-refractivity contribution in [3.05, 3.63) is 77.2 Å². The molecule has 5 heterocycles. The largest absolute Gasteiger partial charge is 0.494 e. The highest BCUT2D eigenvalue weighted by Crippen LogP contribution is 2.51. The first-order chi connectivity index (χ1) is 28.3. The molecule has 2 saturated heterocycles. The van der Waals surface area contributed by atoms with Crippen LogP contribution in [0.25, 0.3) is 10.9 Å². The molecule has 310 valence electrons. The second-order valence-corrected chi connectivity index (χ2v) is 17.0. The Hall–Kier alpha value is -5.51. The fraction of sp³-hybridized carbons (Fsp3) is 0.488. The van der Waals surface area contributed by atoms with Gasteiger partial charge < -0.3 is 25.2 Å². The van der Waals surface area contributed by atoms with E-state index in [1.165, 1.54) is 26.0 Å². The summed E-state index contributed by atoms with van der Waals surface area (Å²) in [6, 6.07) is 12.4. The standard InChI is InChI=1S/C43H47F3N8O5/c1-59-36-19-33-26(18-34(36)49-39(56)32-6-3-7-37(48-32)43(44,45)46)23-54(51-33)28-10-8-25(9-11-28)22-52-16-14-42(15-17-52)20-27(21-42)47-31-5-2-4-29-30(31)24-53(41(29)58)35-12-13-38(55)50-40(35)57/h2-7,18-19,23,25,27-28,35,47H,8-17,20-22,24H2,1H3,(H,49,56)(H,50,55,57). The normalized spacial score (nSPS) is 23.6. The van der Waals surface area contributed by atoms with Crippen LogP contribution in [0, 0.1) is 11.3 Å². The van der Waals surface area contributed by atoms with Crippen molar-refractivity contribution in [1.82, 2.24) is 29.9 Å². The summed E-state index contributed by atoms with van der Waals surface area (Å²) in [5.41, 5.74) is 2.41. The predicted octanol–water partition coefficient (Wildman–Crippen LogP) is 6.56. The Labute approximate surface area is 339 Å². The average molecular weight is 813 g/mol. The Morgan fingerprint density at radius 2 is 1.75 bits per heavy atom. The third kappa shape index (κ3) is 7.74. The molecule has 3 aliphatic heterocycles. The molecule has 4 fully saturated rings. The summed E-state index contributed by atoms with van der Waals surface area (Å²) in [7, 11) is 1.46. The van der Waals surface area contributed by atoms with Gasteiger partial charge in [-0.3, -0.25) is 29.2 Å². The lowest BCUT2D eigenvalue weighted by atomic mass is 9.60. The van der Waals surface area contributed by atoms with Gasteiger partial charge >= 0.3 is 6.18 Å². The van der Waals surface area contributed by atoms with E-state index < -0.39 is 29.7 Å². The monoisotopic (exact) mass is 812 g/mol. The van der Waals surface area contributed by atoms with Crippen LogP contribution in [0.15, 0.2) is 54.7 Å². The van der Waals surface area contributed by atoms with Crippen molar-refractivity contribution < 1.29 is 37.1 Å². The molecule has 59 heavy (non-hydrogen) atoms. The minimum Gasteiger partial charge on any atom is -0.494 e. The maximum atomic E-state index is 13.3. The molecule has 1 atom stereocenters. The van der Waals surface area contributed by atoms with Crippen molar-refractivity contribution in [2.24, 2.45) is 11.3 Å². The lowest BCUT2D eigenvalue weighted by Gasteiger charge is -2.53. The maximum Gasteiger partial charge on any atom is 0.433 e. The highest BCUT2D eigenvalue weighted by Gasteiger charge is 2.47. The summed E-state index contributed by atoms with van der Waals surface area (Å²) in [6.07, 6.45) is 6.67. The summed E-state index contributed by atoms with van der Waals surface area (Å²) in [6.45, 7) is 3.65. The van der Waals surface area contributed by atoms with Crippen LogP contribution in [-0.4, -0.2) is 87.0 Å². The van der Waals surface area contributed by atoms with Crippen LogP contribution in [0.2, 0.25) is 0 Å². The third-order valence-corrected chi connectivity index (χ3v) is 13.3. The van der Waals surface area contributed by atoms with Gasteiger partial charge in [-0.05, 0) is 113 Å². The zero-order valence-corrected chi connectivity index (χ0v) is 32.8. The number of imide groups is 1. The number of pyridine rings is 1. The second kappa shape index (κ2) is 15.3. The highest BCUT2D eigenvalue weighted by atomic mass is 19.4. The lowest BCUT2D eigenvalue weighted by Crippen LogP contribution is -2.52. The van der Waals surface area contributed by atoms with Gasteiger partial charge in [0.2, 0.25) is 11.8 Å². The van der Waals surface area contributed by atoms with Gasteiger partial charge in [-0.1, -0.05) is 12.1 Å². The summed E-state index contributed by atoms with van der Waals surface area (Å²) in [4.78, 5) is 58.1. The number of benzene rings is 2. The molecule has 13 nitrogen and oxygen atoms in total. The van der Waals surface area contributed by atoms with Crippen LogP contribution in [0.4, 0.5) is 24.5 Å². The van der Waals surface area contributed by atoms with Crippen LogP contribution in [0.1, 0.15) is 102 Å². The molecule has 0 radical (unpaired) electrons. The van der Waals surface area contributed by atoms with Crippen molar-refractivity contribution in [3.63, 3.8) is 0 Å². The Morgan fingerprint density at radius 1 is 0.983 bits per heavy atom. The quantitative estimate of drug-likeness (QED) is 0.160. The van der Waals surface area contributed by atoms with Gasteiger partial charge in [-0.25, -0.2) is 4.98 Å². The molecule has 0 bridgehead atoms. The first-order valence-electron chi connectivity index (χ1n) is 20.5. The molecule has 1 spiro atoms. The Bertz CT molecular complexity index is 2310. The van der Waals surface area contributed by atoms with Crippen LogP contribution in [0.5, 0.6) is 5.75 Å². The number of anilines is 2. The number of fused-ring (bicyclic) bond motifs is 2. The van der Waals surface area contributed by atoms with Gasteiger partial charge in [0.1, 0.15) is 23.2 Å². The van der Waals surface area contributed by atoms with E-state index in [2.05, 4.69) is 25.8 Å². The van der Waals surface area contributed by atoms with E-state index >= 15 is 0 Å². The zero-order chi connectivity index (χ0) is 41.1. The number of nitrogens with zero attached hydrogens (tertiary/aromatic N) is 5. The van der Waals surface area contributed by atoms with E-state index in [1.807, 2.05) is 29.1 Å². The number of hydrogen-bond acceptors (Lipinski definition) is 9. The molecule has 2 aromatic carbocycles. The van der Waals surface area contributed by atoms with Gasteiger partial charge in [0.25, 0.3) is 11.8 Å². The number of halogens is 3. The van der Waals surface area contributed by atoms with E-state index in [0.717, 1.165) is 86.9 Å². The number of rotatable bonds is 9. The van der Waals surface area contributed by atoms with E-state index in [0.29, 0.717) is 52.9 Å². The number of aromatic nitrogens is 3. The Kier molecular flexibility index (Phi) is 10.1. The first-order valence-corrected chi connectivity index (χ1v) is 20.5. The minimum atomic E-state index is -4.66. The molecule has 5 aliphatic rings. The molecule has 4 amide bonds. The van der Waals surface area contributed by atoms with Crippen LogP contribution >= 0.6 is 0 Å². The van der Waals surface area contributed by atoms with E-state index in [1.54, 1.807) is 17.0 Å². The highest BCUT2D eigenvalue weighted by molar-refractivity contribution is 6.06. The third-order valence-electron chi connectivity index (χ3n) is 13.3. The zero-order valence-electron chi connectivity index (χ0n) is 32.8. The van der Waals surface area contributed by atoms with E-state index in [4.69, 9.17) is 9.84 Å². The maximum absolute atomic E-state index is 13.3. The molecule has 1 unspecified atom stereocenters. The van der Waals surface area contributed by atoms with E-state index in [-0.39, 0.29) is 30.0 Å². The number of amides is 4. The molecule has 9 rings (SSSR count). The van der Waals surface area contributed by atoms with Gasteiger partial charge in [0.05, 0.1) is 24.4 Å². The topological polar surface area (TPSA) is 151 Å². The number of piperidine rings is 2. The number of nitrogens with one attached hydrogen (secondary N) is 3. The molecular weight excluding hydrogens is 766 g/mol. The smallest absolute Gasteiger partial charge is 0.433 e. The molecule has 4 aromatic rings. The number of carbonyl (C=O) groups is 4. The number of likely N-dealkylation sites (tertiary alicyclic amines) is 1. The number of methoxy groups -OCH3 is 1. The average Bonchev–Trinajstić information content (AvgIpc) is 3.78. The van der Waals surface area contributed by atoms with Crippen LogP contribution in [-0.2, 0) is 22.3 Å². The number of hydrogen-bond donors (Lipinski definition) is 3. The molecular formula is C43H47F3N8O5. The summed E-state index contributed by atoms with van der Waals surface area (Å²) in [5.74, 6) is -0.644. The van der Waals surface area contributed by atoms with Crippen molar-refractivity contribution in [1.29, 1.82) is 0 Å². The minimum absolute atomic E-state index is 0.153. The number of ether oxygens (including phenoxy) is 1. The second-order valence-electron chi connectivity index (χ2n) is 17.0. The molecule has 2 saturated carbocycles. The van der Waals surface area contributed by atoms with Crippen molar-refractivity contribution in [2.75, 3.05) is 37.4 Å². The fourth-order valence-electron chi connectivity index (χ4n) is 10.0. The van der Waals surface area contributed by atoms with Gasteiger partial charge in [0.15, 0.2) is 0 Å². The molecule has 2 aliphatic carbocycles. The van der Waals surface area contributed by atoms with Crippen molar-refractivity contribution in [2.45, 2.75) is 95.1 Å². The number of alkyl halides is 3. The predicted molar refractivity (Wildman–Crippen MR) is 212 cm³/mol. The van der Waals surface area contributed by atoms with Crippen molar-refractivity contribution >= 4 is 45.9 Å². The SMILES string of the molecule is COc1cc2nn(C3CCC(CN4CCC5(CC4)CC(Nc4cccc6c4CN(C4CCC(=O)NC4=O)C6=O)C5)CC3)cc2cc1NC(=O)c1cccc(C(F)(F)F)n1. The lowest BCUT2D eigenvalue weighted by molar-refractivity contribution is -0.141. The van der Waals surface area contributed by atoms with Gasteiger partial charge in [-0.2, -0.15) is 18.3 Å². The molecule has 16 heteroatoms. The summed E-state index contributed by atoms with van der Waals surface area (Å²) in [5, 5.41) is 14.4. The van der Waals surface area contributed by atoms with Gasteiger partial charge in [-0.15, -0.1) is 0 Å². The number of carbonyl (C=O) groups excluding carboxylic acids is 4. The van der Waals surface area contributed by atoms with Crippen LogP contribution < -0.4 is 20.7 Å². The fourth-order valence-corrected chi connectivity index (χ4v) is 10.0. The molecule has 2 aromatic heterocycles. The van der Waals surface area contributed by atoms with E-state index in [9.17, 15) is 32.3 Å².